The maximum atomic E-state index is 12.5. The average Bonchev–Trinajstić information content (AvgIpc) is 3.27. The van der Waals surface area contributed by atoms with E-state index in [1.54, 1.807) is 28.4 Å². The smallest absolute Gasteiger partial charge is 0.326 e. The molecule has 1 aromatic carbocycles. The number of aromatic nitrogens is 3. The molecule has 142 valence electrons. The number of benzene rings is 1. The van der Waals surface area contributed by atoms with Gasteiger partial charge in [-0.1, -0.05) is 24.3 Å². The first-order valence-corrected chi connectivity index (χ1v) is 9.77. The van der Waals surface area contributed by atoms with E-state index in [4.69, 9.17) is 4.74 Å². The Morgan fingerprint density at radius 2 is 2.04 bits per heavy atom. The minimum Gasteiger partial charge on any atom is -0.465 e. The molecule has 0 atom stereocenters. The molecule has 0 saturated carbocycles. The molecule has 0 aliphatic carbocycles. The highest BCUT2D eigenvalue weighted by Crippen LogP contribution is 2.20. The topological polar surface area (TPSA) is 78.5 Å². The summed E-state index contributed by atoms with van der Waals surface area (Å²) < 4.78 is 9.45. The molecule has 0 aliphatic rings. The lowest BCUT2D eigenvalue weighted by molar-refractivity contribution is -0.143. The van der Waals surface area contributed by atoms with Crippen molar-refractivity contribution in [3.63, 3.8) is 0 Å². The van der Waals surface area contributed by atoms with E-state index in [0.29, 0.717) is 18.0 Å². The summed E-state index contributed by atoms with van der Waals surface area (Å²) in [7, 11) is 0. The van der Waals surface area contributed by atoms with E-state index in [9.17, 15) is 9.59 Å². The Hall–Kier alpha value is -2.74. The van der Waals surface area contributed by atoms with E-state index >= 15 is 0 Å². The first kappa shape index (κ1) is 19.0. The van der Waals surface area contributed by atoms with Gasteiger partial charge in [-0.3, -0.25) is 14.3 Å². The number of ether oxygens (including phenoxy) is 1. The van der Waals surface area contributed by atoms with Crippen LogP contribution in [0.3, 0.4) is 0 Å². The molecule has 0 saturated heterocycles. The number of hydrogen-bond acceptors (Lipinski definition) is 5. The molecule has 0 spiro atoms. The molecule has 2 aromatic heterocycles. The van der Waals surface area contributed by atoms with Gasteiger partial charge in [0, 0.05) is 12.7 Å². The molecule has 7 nitrogen and oxygen atoms in total. The fourth-order valence-corrected chi connectivity index (χ4v) is 3.80. The van der Waals surface area contributed by atoms with Crippen LogP contribution in [-0.4, -0.2) is 32.8 Å². The van der Waals surface area contributed by atoms with E-state index < -0.39 is 5.91 Å². The zero-order chi connectivity index (χ0) is 19.4. The van der Waals surface area contributed by atoms with Gasteiger partial charge in [0.15, 0.2) is 10.5 Å². The number of carbonyl (C=O) groups is 2. The number of hydrogen-bond donors (Lipinski definition) is 0. The van der Waals surface area contributed by atoms with Gasteiger partial charge in [0.25, 0.3) is 5.91 Å². The van der Waals surface area contributed by atoms with Crippen molar-refractivity contribution in [3.05, 3.63) is 46.5 Å². The van der Waals surface area contributed by atoms with Gasteiger partial charge >= 0.3 is 5.97 Å². The maximum Gasteiger partial charge on any atom is 0.326 e. The third kappa shape index (κ3) is 4.16. The van der Waals surface area contributed by atoms with Crippen molar-refractivity contribution in [2.45, 2.75) is 40.3 Å². The Balaban J connectivity index is 2.08. The van der Waals surface area contributed by atoms with Crippen LogP contribution in [0.1, 0.15) is 36.8 Å². The normalized spacial score (nSPS) is 11.9. The number of thiazole rings is 1. The van der Waals surface area contributed by atoms with Crippen LogP contribution >= 0.6 is 11.3 Å². The van der Waals surface area contributed by atoms with E-state index in [1.807, 2.05) is 19.1 Å². The summed E-state index contributed by atoms with van der Waals surface area (Å²) in [6, 6.07) is 7.69. The highest BCUT2D eigenvalue weighted by Gasteiger charge is 2.14. The fraction of sp³-hybridized carbons (Fsp3) is 0.368. The molecular weight excluding hydrogens is 364 g/mol. The molecular formula is C19H22N4O3S. The molecule has 3 rings (SSSR count). The molecule has 0 unspecified atom stereocenters. The summed E-state index contributed by atoms with van der Waals surface area (Å²) in [5, 5.41) is 4.20. The number of aryl methyl sites for hydroxylation is 2. The number of esters is 1. The molecule has 0 aliphatic heterocycles. The van der Waals surface area contributed by atoms with E-state index in [2.05, 4.69) is 23.1 Å². The molecule has 3 aromatic rings. The Bertz CT molecular complexity index is 1040. The zero-order valence-electron chi connectivity index (χ0n) is 15.6. The van der Waals surface area contributed by atoms with Gasteiger partial charge < -0.3 is 9.30 Å². The summed E-state index contributed by atoms with van der Waals surface area (Å²) in [5.74, 6) is -0.789. The molecule has 8 heteroatoms. The summed E-state index contributed by atoms with van der Waals surface area (Å²) >= 11 is 1.38. The van der Waals surface area contributed by atoms with E-state index in [1.165, 1.54) is 16.9 Å². The van der Waals surface area contributed by atoms with Crippen molar-refractivity contribution in [2.75, 3.05) is 6.61 Å². The third-order valence-electron chi connectivity index (χ3n) is 4.13. The Morgan fingerprint density at radius 3 is 2.70 bits per heavy atom. The van der Waals surface area contributed by atoms with Crippen LogP contribution in [0, 0.1) is 0 Å². The quantitative estimate of drug-likeness (QED) is 0.610. The lowest BCUT2D eigenvalue weighted by Crippen LogP contribution is -2.23. The van der Waals surface area contributed by atoms with Crippen LogP contribution in [0.4, 0.5) is 0 Å². The Morgan fingerprint density at radius 1 is 1.22 bits per heavy atom. The molecule has 0 N–H and O–H groups in total. The van der Waals surface area contributed by atoms with Crippen molar-refractivity contribution in [3.8, 4) is 0 Å². The van der Waals surface area contributed by atoms with Gasteiger partial charge in [-0.05, 0) is 44.0 Å². The summed E-state index contributed by atoms with van der Waals surface area (Å²) in [4.78, 5) is 29.3. The predicted molar refractivity (Wildman–Crippen MR) is 104 cm³/mol. The number of carbonyl (C=O) groups excluding carboxylic acids is 2. The SMILES string of the molecule is CCOC(=O)Cn1c(=NC(=O)c2ccn(CC)n2)sc2cc(CC)ccc21. The van der Waals surface area contributed by atoms with Crippen LogP contribution in [0.5, 0.6) is 0 Å². The zero-order valence-corrected chi connectivity index (χ0v) is 16.5. The van der Waals surface area contributed by atoms with Gasteiger partial charge in [0.1, 0.15) is 6.54 Å². The minimum absolute atomic E-state index is 0.00876. The summed E-state index contributed by atoms with van der Waals surface area (Å²) in [6.07, 6.45) is 2.65. The van der Waals surface area contributed by atoms with Crippen LogP contribution in [0.15, 0.2) is 35.5 Å². The molecule has 2 heterocycles. The molecule has 0 bridgehead atoms. The fourth-order valence-electron chi connectivity index (χ4n) is 2.71. The van der Waals surface area contributed by atoms with Crippen molar-refractivity contribution < 1.29 is 14.3 Å². The van der Waals surface area contributed by atoms with Crippen molar-refractivity contribution in [1.29, 1.82) is 0 Å². The second kappa shape index (κ2) is 8.30. The third-order valence-corrected chi connectivity index (χ3v) is 5.17. The number of fused-ring (bicyclic) bond motifs is 1. The standard InChI is InChI=1S/C19H22N4O3S/c1-4-13-7-8-15-16(11-13)27-19(23(15)12-17(24)26-6-3)20-18(25)14-9-10-22(5-2)21-14/h7-11H,4-6,12H2,1-3H3. The second-order valence-electron chi connectivity index (χ2n) is 5.91. The largest absolute Gasteiger partial charge is 0.465 e. The molecule has 27 heavy (non-hydrogen) atoms. The van der Waals surface area contributed by atoms with E-state index in [-0.39, 0.29) is 18.2 Å². The highest BCUT2D eigenvalue weighted by atomic mass is 32.1. The summed E-state index contributed by atoms with van der Waals surface area (Å²) in [5.41, 5.74) is 2.33. The monoisotopic (exact) mass is 386 g/mol. The molecule has 1 amide bonds. The van der Waals surface area contributed by atoms with E-state index in [0.717, 1.165) is 16.6 Å². The van der Waals surface area contributed by atoms with Gasteiger partial charge in [-0.15, -0.1) is 0 Å². The van der Waals surface area contributed by atoms with Gasteiger partial charge in [-0.2, -0.15) is 10.1 Å². The first-order valence-electron chi connectivity index (χ1n) is 8.96. The van der Waals surface area contributed by atoms with Crippen molar-refractivity contribution in [1.82, 2.24) is 14.3 Å². The number of rotatable bonds is 6. The van der Waals surface area contributed by atoms with Crippen LogP contribution < -0.4 is 4.80 Å². The highest BCUT2D eigenvalue weighted by molar-refractivity contribution is 7.16. The van der Waals surface area contributed by atoms with Gasteiger partial charge in [0.05, 0.1) is 16.8 Å². The summed E-state index contributed by atoms with van der Waals surface area (Å²) in [6.45, 7) is 6.79. The van der Waals surface area contributed by atoms with Gasteiger partial charge in [-0.25, -0.2) is 0 Å². The maximum absolute atomic E-state index is 12.5. The number of amides is 1. The molecule has 0 radical (unpaired) electrons. The predicted octanol–water partition coefficient (Wildman–Crippen LogP) is 2.79. The van der Waals surface area contributed by atoms with Crippen LogP contribution in [-0.2, 0) is 29.0 Å². The Kier molecular flexibility index (Phi) is 5.85. The van der Waals surface area contributed by atoms with Crippen LogP contribution in [0.25, 0.3) is 10.2 Å². The Labute approximate surface area is 160 Å². The van der Waals surface area contributed by atoms with Crippen LogP contribution in [0.2, 0.25) is 0 Å². The lowest BCUT2D eigenvalue weighted by atomic mass is 10.2. The van der Waals surface area contributed by atoms with Gasteiger partial charge in [0.2, 0.25) is 0 Å². The number of nitrogens with zero attached hydrogens (tertiary/aromatic N) is 4. The first-order chi connectivity index (χ1) is 13.0. The van der Waals surface area contributed by atoms with Crippen molar-refractivity contribution >= 4 is 33.4 Å². The van der Waals surface area contributed by atoms with Crippen molar-refractivity contribution in [2.24, 2.45) is 4.99 Å². The average molecular weight is 386 g/mol. The second-order valence-corrected chi connectivity index (χ2v) is 6.91. The molecule has 0 fully saturated rings. The minimum atomic E-state index is -0.429. The lowest BCUT2D eigenvalue weighted by Gasteiger charge is -2.05.